The molecule has 0 atom stereocenters. The summed E-state index contributed by atoms with van der Waals surface area (Å²) >= 11 is 0. The minimum atomic E-state index is -0.362. The number of carbonyl (C=O) groups is 2. The van der Waals surface area contributed by atoms with E-state index in [1.54, 1.807) is 42.5 Å². The van der Waals surface area contributed by atoms with Crippen molar-refractivity contribution in [3.8, 4) is 11.3 Å². The molecule has 4 rings (SSSR count). The van der Waals surface area contributed by atoms with E-state index in [0.29, 0.717) is 23.6 Å². The van der Waals surface area contributed by atoms with E-state index in [4.69, 9.17) is 9.52 Å². The minimum absolute atomic E-state index is 0.0904. The second-order valence-corrected chi connectivity index (χ2v) is 8.00. The first kappa shape index (κ1) is 23.7. The van der Waals surface area contributed by atoms with Crippen LogP contribution in [-0.4, -0.2) is 37.0 Å². The van der Waals surface area contributed by atoms with Gasteiger partial charge in [0.25, 0.3) is 5.91 Å². The summed E-state index contributed by atoms with van der Waals surface area (Å²) in [6.07, 6.45) is 3.28. The molecule has 0 saturated heterocycles. The van der Waals surface area contributed by atoms with Crippen LogP contribution < -0.4 is 10.2 Å². The number of furan rings is 1. The van der Waals surface area contributed by atoms with E-state index in [1.165, 1.54) is 6.08 Å². The van der Waals surface area contributed by atoms with Crippen LogP contribution in [0.1, 0.15) is 26.5 Å². The Morgan fingerprint density at radius 1 is 0.914 bits per heavy atom. The molecule has 0 aliphatic heterocycles. The summed E-state index contributed by atoms with van der Waals surface area (Å²) < 4.78 is 5.68. The maximum absolute atomic E-state index is 12.5. The quantitative estimate of drug-likeness (QED) is 0.251. The van der Waals surface area contributed by atoms with Crippen molar-refractivity contribution < 1.29 is 19.1 Å². The van der Waals surface area contributed by atoms with E-state index in [-0.39, 0.29) is 24.1 Å². The number of aliphatic hydroxyl groups is 1. The fourth-order valence-electron chi connectivity index (χ4n) is 3.52. The molecule has 6 heteroatoms. The molecule has 6 nitrogen and oxygen atoms in total. The number of allylic oxidation sites excluding steroid dienone is 1. The van der Waals surface area contributed by atoms with Crippen molar-refractivity contribution in [2.45, 2.75) is 0 Å². The van der Waals surface area contributed by atoms with E-state index in [1.807, 2.05) is 66.5 Å². The van der Waals surface area contributed by atoms with E-state index < -0.39 is 0 Å². The van der Waals surface area contributed by atoms with Gasteiger partial charge in [0.05, 0.1) is 6.61 Å². The fourth-order valence-corrected chi connectivity index (χ4v) is 3.52. The normalized spacial score (nSPS) is 10.9. The number of benzene rings is 3. The van der Waals surface area contributed by atoms with Crippen LogP contribution in [0, 0.1) is 0 Å². The van der Waals surface area contributed by atoms with Crippen molar-refractivity contribution in [1.29, 1.82) is 0 Å². The van der Waals surface area contributed by atoms with E-state index in [9.17, 15) is 9.59 Å². The van der Waals surface area contributed by atoms with Crippen molar-refractivity contribution in [2.24, 2.45) is 0 Å². The van der Waals surface area contributed by atoms with Crippen molar-refractivity contribution in [1.82, 2.24) is 0 Å². The molecule has 0 spiro atoms. The Kier molecular flexibility index (Phi) is 7.55. The van der Waals surface area contributed by atoms with Crippen LogP contribution in [0.5, 0.6) is 0 Å². The van der Waals surface area contributed by atoms with Crippen molar-refractivity contribution in [3.05, 3.63) is 114 Å². The van der Waals surface area contributed by atoms with Crippen LogP contribution in [0.25, 0.3) is 17.4 Å². The number of anilines is 2. The second kappa shape index (κ2) is 11.1. The molecule has 0 aliphatic rings. The number of ketones is 1. The van der Waals surface area contributed by atoms with Crippen LogP contribution in [0.4, 0.5) is 11.4 Å². The molecule has 2 N–H and O–H groups in total. The first-order valence-electron chi connectivity index (χ1n) is 11.2. The molecule has 0 unspecified atom stereocenters. The molecular weight excluding hydrogens is 440 g/mol. The number of nitrogens with zero attached hydrogens (tertiary/aromatic N) is 1. The summed E-state index contributed by atoms with van der Waals surface area (Å²) in [5, 5.41) is 11.8. The molecule has 1 heterocycles. The highest BCUT2D eigenvalue weighted by Crippen LogP contribution is 2.22. The predicted molar refractivity (Wildman–Crippen MR) is 139 cm³/mol. The van der Waals surface area contributed by atoms with Gasteiger partial charge in [-0.15, -0.1) is 0 Å². The number of hydrogen-bond acceptors (Lipinski definition) is 5. The number of amides is 1. The van der Waals surface area contributed by atoms with Gasteiger partial charge in [-0.25, -0.2) is 0 Å². The topological polar surface area (TPSA) is 82.8 Å². The highest BCUT2D eigenvalue weighted by molar-refractivity contribution is 6.07. The van der Waals surface area contributed by atoms with Gasteiger partial charge >= 0.3 is 0 Å². The lowest BCUT2D eigenvalue weighted by Crippen LogP contribution is -2.20. The van der Waals surface area contributed by atoms with Gasteiger partial charge in [-0.2, -0.15) is 0 Å². The largest absolute Gasteiger partial charge is 0.451 e. The fraction of sp³-hybridized carbons (Fsp3) is 0.103. The summed E-state index contributed by atoms with van der Waals surface area (Å²) in [6.45, 7) is 0.646. The highest BCUT2D eigenvalue weighted by atomic mass is 16.3. The zero-order valence-corrected chi connectivity index (χ0v) is 19.3. The Labute approximate surface area is 204 Å². The first-order chi connectivity index (χ1) is 17.0. The van der Waals surface area contributed by atoms with Crippen LogP contribution in [0.15, 0.2) is 101 Å². The smallest absolute Gasteiger partial charge is 0.291 e. The van der Waals surface area contributed by atoms with Crippen molar-refractivity contribution in [2.75, 3.05) is 30.4 Å². The van der Waals surface area contributed by atoms with Crippen LogP contribution in [-0.2, 0) is 0 Å². The third-order valence-corrected chi connectivity index (χ3v) is 5.51. The van der Waals surface area contributed by atoms with Gasteiger partial charge < -0.3 is 19.7 Å². The maximum Gasteiger partial charge on any atom is 0.291 e. The summed E-state index contributed by atoms with van der Waals surface area (Å²) in [5.74, 6) is 0.331. The number of likely N-dealkylation sites (N-methyl/N-ethyl adjacent to an activating group) is 1. The molecule has 0 saturated carbocycles. The number of hydrogen-bond donors (Lipinski definition) is 2. The zero-order chi connectivity index (χ0) is 24.6. The van der Waals surface area contributed by atoms with Crippen molar-refractivity contribution >= 4 is 29.1 Å². The Hall–Kier alpha value is -4.42. The number of carbonyl (C=O) groups excluding carboxylic acids is 2. The lowest BCUT2D eigenvalue weighted by atomic mass is 10.1. The number of aliphatic hydroxyl groups excluding tert-OH is 1. The van der Waals surface area contributed by atoms with Gasteiger partial charge in [0.15, 0.2) is 11.5 Å². The summed E-state index contributed by atoms with van der Waals surface area (Å²) in [4.78, 5) is 27.0. The maximum atomic E-state index is 12.5. The molecule has 0 fully saturated rings. The predicted octanol–water partition coefficient (Wildman–Crippen LogP) is 5.52. The SMILES string of the molecule is CN(CCO)c1ccc(/C=C/C(=O)c2ccc(NC(=O)c3ccc(-c4ccccc4)o3)cc2)cc1. The molecule has 4 aromatic rings. The number of nitrogens with one attached hydrogen (secondary N) is 1. The Bertz CT molecular complexity index is 1310. The van der Waals surface area contributed by atoms with E-state index in [0.717, 1.165) is 16.8 Å². The molecule has 35 heavy (non-hydrogen) atoms. The standard InChI is InChI=1S/C29H26N2O4/c1-31(19-20-32)25-14-7-21(8-15-25)9-16-26(33)22-10-12-24(13-11-22)30-29(34)28-18-17-27(35-28)23-5-3-2-4-6-23/h2-18,32H,19-20H2,1H3,(H,30,34)/b16-9+. The molecular formula is C29H26N2O4. The zero-order valence-electron chi connectivity index (χ0n) is 19.3. The third kappa shape index (κ3) is 6.13. The first-order valence-corrected chi connectivity index (χ1v) is 11.2. The molecule has 0 bridgehead atoms. The highest BCUT2D eigenvalue weighted by Gasteiger charge is 2.13. The Morgan fingerprint density at radius 3 is 2.31 bits per heavy atom. The Morgan fingerprint density at radius 2 is 1.63 bits per heavy atom. The molecule has 176 valence electrons. The monoisotopic (exact) mass is 466 g/mol. The Balaban J connectivity index is 1.35. The van der Waals surface area contributed by atoms with Gasteiger partial charge in [-0.05, 0) is 60.2 Å². The minimum Gasteiger partial charge on any atom is -0.451 e. The van der Waals surface area contributed by atoms with Crippen molar-refractivity contribution in [3.63, 3.8) is 0 Å². The second-order valence-electron chi connectivity index (χ2n) is 8.00. The average molecular weight is 467 g/mol. The van der Waals surface area contributed by atoms with Crippen LogP contribution in [0.3, 0.4) is 0 Å². The summed E-state index contributed by atoms with van der Waals surface area (Å²) in [7, 11) is 1.91. The third-order valence-electron chi connectivity index (χ3n) is 5.51. The lowest BCUT2D eigenvalue weighted by molar-refractivity contribution is 0.0996. The van der Waals surface area contributed by atoms with Gasteiger partial charge in [-0.3, -0.25) is 9.59 Å². The summed E-state index contributed by atoms with van der Waals surface area (Å²) in [6, 6.07) is 27.4. The molecule has 1 aromatic heterocycles. The van der Waals surface area contributed by atoms with Gasteiger partial charge in [0, 0.05) is 36.1 Å². The van der Waals surface area contributed by atoms with Crippen LogP contribution >= 0.6 is 0 Å². The van der Waals surface area contributed by atoms with E-state index in [2.05, 4.69) is 5.32 Å². The van der Waals surface area contributed by atoms with Gasteiger partial charge in [0.2, 0.25) is 0 Å². The molecule has 0 aliphatic carbocycles. The average Bonchev–Trinajstić information content (AvgIpc) is 3.39. The molecule has 1 amide bonds. The van der Waals surface area contributed by atoms with Gasteiger partial charge in [-0.1, -0.05) is 48.5 Å². The summed E-state index contributed by atoms with van der Waals surface area (Å²) in [5.41, 5.74) is 3.87. The van der Waals surface area contributed by atoms with E-state index >= 15 is 0 Å². The molecule has 3 aromatic carbocycles. The lowest BCUT2D eigenvalue weighted by Gasteiger charge is -2.17. The number of rotatable bonds is 9. The van der Waals surface area contributed by atoms with Gasteiger partial charge in [0.1, 0.15) is 5.76 Å². The van der Waals surface area contributed by atoms with Crippen LogP contribution in [0.2, 0.25) is 0 Å². The molecule has 0 radical (unpaired) electrons.